The van der Waals surface area contributed by atoms with Crippen LogP contribution in [-0.4, -0.2) is 30.2 Å². The van der Waals surface area contributed by atoms with Crippen LogP contribution in [0.4, 0.5) is 0 Å². The van der Waals surface area contributed by atoms with Gasteiger partial charge in [0, 0.05) is 11.4 Å². The zero-order valence-corrected chi connectivity index (χ0v) is 11.1. The number of likely N-dealkylation sites (N-methyl/N-ethyl adjacent to an activating group) is 1. The minimum Gasteiger partial charge on any atom is -0.296 e. The Morgan fingerprint density at radius 2 is 1.93 bits per heavy atom. The lowest BCUT2D eigenvalue weighted by Gasteiger charge is -2.12. The predicted octanol–water partition coefficient (Wildman–Crippen LogP) is 3.24. The first-order valence-corrected chi connectivity index (χ1v) is 6.98. The van der Waals surface area contributed by atoms with Crippen molar-refractivity contribution in [2.75, 3.05) is 25.3 Å². The van der Waals surface area contributed by atoms with Crippen LogP contribution in [-0.2, 0) is 6.42 Å². The molecule has 1 aromatic carbocycles. The van der Waals surface area contributed by atoms with Gasteiger partial charge >= 0.3 is 0 Å². The number of nitrogens with zero attached hydrogens (tertiary/aromatic N) is 1. The summed E-state index contributed by atoms with van der Waals surface area (Å²) in [4.78, 5) is 3.59. The summed E-state index contributed by atoms with van der Waals surface area (Å²) >= 11 is 5.22. The fourth-order valence-corrected chi connectivity index (χ4v) is 1.83. The summed E-state index contributed by atoms with van der Waals surface area (Å²) in [5.41, 5.74) is 2.35. The first-order valence-electron chi connectivity index (χ1n) is 4.63. The summed E-state index contributed by atoms with van der Waals surface area (Å²) in [5, 5.41) is 0. The van der Waals surface area contributed by atoms with Gasteiger partial charge in [-0.1, -0.05) is 28.1 Å². The number of hydrogen-bond acceptors (Lipinski definition) is 2. The third-order valence-corrected chi connectivity index (χ3v) is 3.75. The van der Waals surface area contributed by atoms with Crippen molar-refractivity contribution in [2.45, 2.75) is 11.3 Å². The van der Waals surface area contributed by atoms with Gasteiger partial charge in [0.1, 0.15) is 0 Å². The number of benzene rings is 1. The highest BCUT2D eigenvalue weighted by molar-refractivity contribution is 9.09. The quantitative estimate of drug-likeness (QED) is 0.461. The van der Waals surface area contributed by atoms with Gasteiger partial charge in [-0.3, -0.25) is 4.90 Å². The maximum absolute atomic E-state index is 3.43. The topological polar surface area (TPSA) is 3.24 Å². The van der Waals surface area contributed by atoms with Crippen LogP contribution in [0.25, 0.3) is 0 Å². The molecule has 3 heteroatoms. The molecule has 0 unspecified atom stereocenters. The summed E-state index contributed by atoms with van der Waals surface area (Å²) in [7, 11) is 2.12. The second-order valence-electron chi connectivity index (χ2n) is 3.30. The molecule has 0 aliphatic heterocycles. The van der Waals surface area contributed by atoms with Crippen LogP contribution in [0, 0.1) is 0 Å². The molecule has 14 heavy (non-hydrogen) atoms. The average molecular weight is 274 g/mol. The Morgan fingerprint density at radius 3 is 2.43 bits per heavy atom. The van der Waals surface area contributed by atoms with E-state index in [1.54, 1.807) is 11.8 Å². The summed E-state index contributed by atoms with van der Waals surface area (Å²) in [6.07, 6.45) is 3.23. The third-order valence-electron chi connectivity index (χ3n) is 2.15. The van der Waals surface area contributed by atoms with E-state index in [4.69, 9.17) is 0 Å². The molecule has 78 valence electrons. The van der Waals surface area contributed by atoms with E-state index >= 15 is 0 Å². The Labute approximate surface area is 99.0 Å². The van der Waals surface area contributed by atoms with Gasteiger partial charge in [-0.2, -0.15) is 0 Å². The van der Waals surface area contributed by atoms with Crippen molar-refractivity contribution in [1.29, 1.82) is 0 Å². The molecule has 0 spiro atoms. The largest absolute Gasteiger partial charge is 0.296 e. The monoisotopic (exact) mass is 273 g/mol. The van der Waals surface area contributed by atoms with Crippen LogP contribution in [0.3, 0.4) is 0 Å². The van der Waals surface area contributed by atoms with Crippen LogP contribution >= 0.6 is 27.7 Å². The molecular weight excluding hydrogens is 258 g/mol. The van der Waals surface area contributed by atoms with Gasteiger partial charge in [0.05, 0.1) is 5.45 Å². The maximum atomic E-state index is 3.43. The molecule has 0 fully saturated rings. The van der Waals surface area contributed by atoms with E-state index in [2.05, 4.69) is 58.4 Å². The molecule has 0 saturated heterocycles. The summed E-state index contributed by atoms with van der Waals surface area (Å²) < 4.78 is 0. The Kier molecular flexibility index (Phi) is 5.60. The normalized spacial score (nSPS) is 10.9. The molecular formula is C11H16BrNS. The van der Waals surface area contributed by atoms with E-state index in [9.17, 15) is 0 Å². The summed E-state index contributed by atoms with van der Waals surface area (Å²) in [6.45, 7) is 1.10. The zero-order valence-electron chi connectivity index (χ0n) is 8.66. The molecule has 1 nitrogen and oxygen atoms in total. The molecule has 0 bridgehead atoms. The number of alkyl halides is 1. The minimum atomic E-state index is 0.940. The molecule has 0 aromatic heterocycles. The van der Waals surface area contributed by atoms with Crippen molar-refractivity contribution >= 4 is 27.7 Å². The molecule has 0 aliphatic carbocycles. The Morgan fingerprint density at radius 1 is 1.29 bits per heavy atom. The number of hydrogen-bond donors (Lipinski definition) is 0. The number of thioether (sulfide) groups is 1. The lowest BCUT2D eigenvalue weighted by molar-refractivity contribution is 0.401. The molecule has 1 rings (SSSR count). The van der Waals surface area contributed by atoms with Gasteiger partial charge in [-0.25, -0.2) is 0 Å². The van der Waals surface area contributed by atoms with Gasteiger partial charge in [0.25, 0.3) is 0 Å². The van der Waals surface area contributed by atoms with E-state index < -0.39 is 0 Å². The van der Waals surface area contributed by atoms with Crippen molar-refractivity contribution in [2.24, 2.45) is 0 Å². The fraction of sp³-hybridized carbons (Fsp3) is 0.455. The van der Waals surface area contributed by atoms with Crippen LogP contribution in [0.5, 0.6) is 0 Å². The van der Waals surface area contributed by atoms with Gasteiger partial charge in [-0.15, -0.1) is 11.8 Å². The second kappa shape index (κ2) is 6.49. The summed E-state index contributed by atoms with van der Waals surface area (Å²) in [6, 6.07) is 8.81. The molecule has 0 radical (unpaired) electrons. The highest BCUT2D eigenvalue weighted by Crippen LogP contribution is 2.15. The molecule has 0 amide bonds. The third kappa shape index (κ3) is 4.03. The lowest BCUT2D eigenvalue weighted by atomic mass is 10.1. The average Bonchev–Trinajstić information content (AvgIpc) is 2.26. The molecule has 0 heterocycles. The van der Waals surface area contributed by atoms with Gasteiger partial charge < -0.3 is 0 Å². The number of rotatable bonds is 5. The van der Waals surface area contributed by atoms with Crippen molar-refractivity contribution in [3.63, 3.8) is 0 Å². The standard InChI is InChI=1S/C11H16BrNS/c1-13(9-12)8-7-10-3-5-11(14-2)6-4-10/h3-6H,7-9H2,1-2H3. The molecule has 1 aromatic rings. The van der Waals surface area contributed by atoms with Gasteiger partial charge in [0.2, 0.25) is 0 Å². The SMILES string of the molecule is CSc1ccc(CCN(C)CBr)cc1. The molecule has 0 N–H and O–H groups in total. The Balaban J connectivity index is 2.43. The smallest absolute Gasteiger partial charge is 0.0539 e. The lowest BCUT2D eigenvalue weighted by Crippen LogP contribution is -2.18. The van der Waals surface area contributed by atoms with E-state index in [0.29, 0.717) is 0 Å². The Hall–Kier alpha value is 0.01000. The molecule has 0 atom stereocenters. The van der Waals surface area contributed by atoms with Crippen molar-refractivity contribution < 1.29 is 0 Å². The maximum Gasteiger partial charge on any atom is 0.0539 e. The fourth-order valence-electron chi connectivity index (χ4n) is 1.17. The number of halogens is 1. The first-order chi connectivity index (χ1) is 6.76. The highest BCUT2D eigenvalue weighted by Gasteiger charge is 1.97. The van der Waals surface area contributed by atoms with Crippen molar-refractivity contribution in [3.05, 3.63) is 29.8 Å². The minimum absolute atomic E-state index is 0.940. The van der Waals surface area contributed by atoms with E-state index in [0.717, 1.165) is 18.4 Å². The second-order valence-corrected chi connectivity index (χ2v) is 4.68. The van der Waals surface area contributed by atoms with Crippen LogP contribution in [0.1, 0.15) is 5.56 Å². The highest BCUT2D eigenvalue weighted by atomic mass is 79.9. The van der Waals surface area contributed by atoms with Crippen molar-refractivity contribution in [1.82, 2.24) is 4.90 Å². The van der Waals surface area contributed by atoms with Crippen LogP contribution in [0.15, 0.2) is 29.2 Å². The first kappa shape index (κ1) is 12.1. The summed E-state index contributed by atoms with van der Waals surface area (Å²) in [5.74, 6) is 0. The zero-order chi connectivity index (χ0) is 10.4. The van der Waals surface area contributed by atoms with Crippen molar-refractivity contribution in [3.8, 4) is 0 Å². The predicted molar refractivity (Wildman–Crippen MR) is 68.4 cm³/mol. The van der Waals surface area contributed by atoms with Crippen LogP contribution < -0.4 is 0 Å². The Bertz CT molecular complexity index is 260. The van der Waals surface area contributed by atoms with Gasteiger partial charge in [-0.05, 0) is 37.4 Å². The molecule has 0 aliphatic rings. The van der Waals surface area contributed by atoms with E-state index in [-0.39, 0.29) is 0 Å². The van der Waals surface area contributed by atoms with Crippen LogP contribution in [0.2, 0.25) is 0 Å². The van der Waals surface area contributed by atoms with Gasteiger partial charge in [0.15, 0.2) is 0 Å². The van der Waals surface area contributed by atoms with E-state index in [1.807, 2.05) is 0 Å². The van der Waals surface area contributed by atoms with E-state index in [1.165, 1.54) is 10.5 Å². The molecule has 0 saturated carbocycles.